The Morgan fingerprint density at radius 2 is 1.57 bits per heavy atom. The molecule has 37 heavy (non-hydrogen) atoms. The van der Waals surface area contributed by atoms with Crippen molar-refractivity contribution in [1.82, 2.24) is 15.3 Å². The monoisotopic (exact) mass is 503 g/mol. The Labute approximate surface area is 212 Å². The molecule has 3 fully saturated rings. The van der Waals surface area contributed by atoms with E-state index in [9.17, 15) is 5.11 Å². The van der Waals surface area contributed by atoms with Gasteiger partial charge in [0.2, 0.25) is 0 Å². The minimum Gasteiger partial charge on any atom is -0.488 e. The lowest BCUT2D eigenvalue weighted by atomic mass is 10.0. The normalized spacial score (nSPS) is 25.2. The van der Waals surface area contributed by atoms with Gasteiger partial charge in [-0.3, -0.25) is 0 Å². The first kappa shape index (κ1) is 22.7. The highest BCUT2D eigenvalue weighted by atomic mass is 19.1. The van der Waals surface area contributed by atoms with Crippen molar-refractivity contribution in [3.05, 3.63) is 66.5 Å². The zero-order valence-electron chi connectivity index (χ0n) is 19.9. The first-order chi connectivity index (χ1) is 18.1. The maximum atomic E-state index is 15.0. The van der Waals surface area contributed by atoms with E-state index in [1.165, 1.54) is 6.07 Å². The van der Waals surface area contributed by atoms with Crippen LogP contribution in [0, 0.1) is 5.82 Å². The summed E-state index contributed by atoms with van der Waals surface area (Å²) in [6, 6.07) is 18.8. The van der Waals surface area contributed by atoms with Gasteiger partial charge < -0.3 is 34.4 Å². The van der Waals surface area contributed by atoms with E-state index < -0.39 is 11.9 Å². The lowest BCUT2D eigenvalue weighted by Crippen LogP contribution is -2.50. The van der Waals surface area contributed by atoms with Crippen molar-refractivity contribution < 1.29 is 28.4 Å². The first-order valence-electron chi connectivity index (χ1n) is 12.5. The summed E-state index contributed by atoms with van der Waals surface area (Å²) < 4.78 is 38.2. The molecule has 9 heteroatoms. The highest BCUT2D eigenvalue weighted by Gasteiger charge is 2.48. The van der Waals surface area contributed by atoms with E-state index in [-0.39, 0.29) is 36.7 Å². The molecule has 0 unspecified atom stereocenters. The predicted molar refractivity (Wildman–Crippen MR) is 134 cm³/mol. The molecule has 190 valence electrons. The molecule has 3 aliphatic rings. The Morgan fingerprint density at radius 3 is 2.30 bits per heavy atom. The number of nitrogens with one attached hydrogen (secondary N) is 2. The van der Waals surface area contributed by atoms with Gasteiger partial charge in [0.1, 0.15) is 35.9 Å². The molecule has 0 saturated carbocycles. The summed E-state index contributed by atoms with van der Waals surface area (Å²) in [6.45, 7) is 2.31. The second-order valence-corrected chi connectivity index (χ2v) is 9.70. The van der Waals surface area contributed by atoms with Crippen molar-refractivity contribution in [2.45, 2.75) is 30.5 Å². The number of aromatic amines is 1. The van der Waals surface area contributed by atoms with Crippen molar-refractivity contribution in [3.63, 3.8) is 0 Å². The van der Waals surface area contributed by atoms with E-state index in [1.54, 1.807) is 6.07 Å². The van der Waals surface area contributed by atoms with Crippen LogP contribution in [0.25, 0.3) is 33.4 Å². The van der Waals surface area contributed by atoms with Crippen LogP contribution in [0.1, 0.15) is 0 Å². The van der Waals surface area contributed by atoms with E-state index in [0.717, 1.165) is 30.0 Å². The molecule has 2 aromatic carbocycles. The third-order valence-electron chi connectivity index (χ3n) is 7.18. The minimum absolute atomic E-state index is 0.231. The molecular formula is C28H26FN3O5. The summed E-state index contributed by atoms with van der Waals surface area (Å²) in [7, 11) is 0. The number of rotatable bonds is 6. The van der Waals surface area contributed by atoms with Crippen molar-refractivity contribution in [3.8, 4) is 34.0 Å². The van der Waals surface area contributed by atoms with Crippen LogP contribution in [-0.4, -0.2) is 71.9 Å². The predicted octanol–water partition coefficient (Wildman–Crippen LogP) is 3.29. The van der Waals surface area contributed by atoms with E-state index in [0.29, 0.717) is 29.1 Å². The topological polar surface area (TPSA) is 97.9 Å². The van der Waals surface area contributed by atoms with Crippen LogP contribution in [0.5, 0.6) is 11.6 Å². The molecule has 8 nitrogen and oxygen atoms in total. The molecule has 7 rings (SSSR count). The number of ether oxygens (including phenoxy) is 4. The van der Waals surface area contributed by atoms with Gasteiger partial charge in [-0.25, -0.2) is 9.37 Å². The molecule has 3 aliphatic heterocycles. The van der Waals surface area contributed by atoms with Gasteiger partial charge in [0.25, 0.3) is 0 Å². The average Bonchev–Trinajstić information content (AvgIpc) is 3.58. The molecule has 3 N–H and O–H groups in total. The van der Waals surface area contributed by atoms with Gasteiger partial charge in [-0.1, -0.05) is 36.4 Å². The maximum absolute atomic E-state index is 15.0. The van der Waals surface area contributed by atoms with Crippen LogP contribution in [0.2, 0.25) is 0 Å². The molecular weight excluding hydrogens is 477 g/mol. The highest BCUT2D eigenvalue weighted by molar-refractivity contribution is 5.81. The Kier molecular flexibility index (Phi) is 5.58. The van der Waals surface area contributed by atoms with Gasteiger partial charge >= 0.3 is 0 Å². The van der Waals surface area contributed by atoms with Crippen LogP contribution in [0.3, 0.4) is 0 Å². The number of hydrogen-bond donors (Lipinski definition) is 3. The van der Waals surface area contributed by atoms with Gasteiger partial charge in [-0.15, -0.1) is 0 Å². The van der Waals surface area contributed by atoms with Crippen molar-refractivity contribution in [1.29, 1.82) is 0 Å². The van der Waals surface area contributed by atoms with Crippen LogP contribution in [0.4, 0.5) is 4.39 Å². The lowest BCUT2D eigenvalue weighted by molar-refractivity contribution is 0.00794. The van der Waals surface area contributed by atoms with E-state index in [2.05, 4.69) is 15.3 Å². The number of H-pyrrole nitrogens is 1. The van der Waals surface area contributed by atoms with Gasteiger partial charge in [0.05, 0.1) is 24.2 Å². The third kappa shape index (κ3) is 4.23. The van der Waals surface area contributed by atoms with Gasteiger partial charge in [-0.05, 0) is 23.3 Å². The van der Waals surface area contributed by atoms with E-state index >= 15 is 4.39 Å². The summed E-state index contributed by atoms with van der Waals surface area (Å²) in [4.78, 5) is 7.64. The molecule has 0 radical (unpaired) electrons. The largest absolute Gasteiger partial charge is 0.488 e. The number of fused-ring (bicyclic) bond motifs is 2. The van der Waals surface area contributed by atoms with E-state index in [4.69, 9.17) is 18.9 Å². The number of hydrogen-bond acceptors (Lipinski definition) is 7. The minimum atomic E-state index is -0.644. The molecule has 4 aromatic rings. The molecule has 0 aliphatic carbocycles. The van der Waals surface area contributed by atoms with Gasteiger partial charge in [-0.2, -0.15) is 0 Å². The smallest absolute Gasteiger partial charge is 0.193 e. The van der Waals surface area contributed by atoms with Crippen molar-refractivity contribution in [2.75, 3.05) is 26.3 Å². The second kappa shape index (κ2) is 9.11. The molecule has 0 bridgehead atoms. The number of halogens is 1. The Morgan fingerprint density at radius 1 is 0.865 bits per heavy atom. The molecule has 3 saturated heterocycles. The second-order valence-electron chi connectivity index (χ2n) is 9.70. The summed E-state index contributed by atoms with van der Waals surface area (Å²) in [6.07, 6.45) is -1.47. The SMILES string of the molecule is O[C@@H]1CO[C@H]2[C@@H]1OC[C@H]2Oc1cc2nc(-c3ccc(-c4ccc(OC5CNC5)cc4)cc3)c(F)cc2[nH]1. The zero-order chi connectivity index (χ0) is 24.9. The molecule has 0 amide bonds. The highest BCUT2D eigenvalue weighted by Crippen LogP contribution is 2.32. The first-order valence-corrected chi connectivity index (χ1v) is 12.5. The molecule has 5 heterocycles. The third-order valence-corrected chi connectivity index (χ3v) is 7.18. The number of nitrogens with zero attached hydrogens (tertiary/aromatic N) is 1. The van der Waals surface area contributed by atoms with Gasteiger partial charge in [0, 0.05) is 30.8 Å². The summed E-state index contributed by atoms with van der Waals surface area (Å²) in [5.41, 5.74) is 4.17. The summed E-state index contributed by atoms with van der Waals surface area (Å²) in [5.74, 6) is 0.886. The lowest BCUT2D eigenvalue weighted by Gasteiger charge is -2.27. The van der Waals surface area contributed by atoms with Crippen LogP contribution >= 0.6 is 0 Å². The average molecular weight is 504 g/mol. The quantitative estimate of drug-likeness (QED) is 0.372. The number of aliphatic hydroxyl groups excluding tert-OH is 1. The van der Waals surface area contributed by atoms with Crippen molar-refractivity contribution >= 4 is 11.0 Å². The molecule has 4 atom stereocenters. The Hall–Kier alpha value is -3.50. The fourth-order valence-electron chi connectivity index (χ4n) is 5.06. The van der Waals surface area contributed by atoms with Gasteiger partial charge in [0.15, 0.2) is 17.8 Å². The number of benzene rings is 2. The standard InChI is InChI=1S/C28H26FN3O5/c29-20-9-21-22(10-25(31-21)37-24-14-35-27-23(33)13-34-28(24)27)32-26(20)17-3-1-15(2-4-17)16-5-7-18(8-6-16)36-19-11-30-12-19/h1-10,19,23-24,27-28,30-31,33H,11-14H2/t23-,24-,27-,28-/m1/s1. The van der Waals surface area contributed by atoms with Crippen LogP contribution in [-0.2, 0) is 9.47 Å². The number of pyridine rings is 1. The Bertz CT molecular complexity index is 1420. The van der Waals surface area contributed by atoms with Crippen LogP contribution < -0.4 is 14.8 Å². The zero-order valence-corrected chi connectivity index (χ0v) is 19.9. The summed E-state index contributed by atoms with van der Waals surface area (Å²) >= 11 is 0. The van der Waals surface area contributed by atoms with E-state index in [1.807, 2.05) is 48.5 Å². The number of aromatic nitrogens is 2. The Balaban J connectivity index is 1.08. The molecule has 0 spiro atoms. The van der Waals surface area contributed by atoms with Crippen molar-refractivity contribution in [2.24, 2.45) is 0 Å². The fourth-order valence-corrected chi connectivity index (χ4v) is 5.06. The molecule has 2 aromatic heterocycles. The maximum Gasteiger partial charge on any atom is 0.193 e. The fraction of sp³-hybridized carbons (Fsp3) is 0.321. The van der Waals surface area contributed by atoms with Crippen LogP contribution in [0.15, 0.2) is 60.7 Å². The number of aliphatic hydroxyl groups is 1. The summed E-state index contributed by atoms with van der Waals surface area (Å²) in [5, 5.41) is 13.1.